The maximum atomic E-state index is 13.2. The van der Waals surface area contributed by atoms with Gasteiger partial charge in [-0.05, 0) is 136 Å². The van der Waals surface area contributed by atoms with Crippen molar-refractivity contribution in [2.45, 2.75) is 119 Å². The van der Waals surface area contributed by atoms with Crippen LogP contribution in [0.4, 0.5) is 11.4 Å². The number of nitrogens with two attached hydrogens (primary N) is 2. The molecule has 4 N–H and O–H groups in total. The van der Waals surface area contributed by atoms with Gasteiger partial charge in [-0.15, -0.1) is 0 Å². The summed E-state index contributed by atoms with van der Waals surface area (Å²) in [6.07, 6.45) is 14.8. The van der Waals surface area contributed by atoms with Gasteiger partial charge in [-0.2, -0.15) is 0 Å². The number of ether oxygens (including phenoxy) is 1. The zero-order valence-corrected chi connectivity index (χ0v) is 26.7. The van der Waals surface area contributed by atoms with Crippen molar-refractivity contribution < 1.29 is 9.53 Å². The van der Waals surface area contributed by atoms with Crippen LogP contribution >= 0.6 is 0 Å². The Balaban J connectivity index is 1.24. The maximum Gasteiger partial charge on any atom is 0.338 e. The molecule has 0 radical (unpaired) electrons. The lowest BCUT2D eigenvalue weighted by Crippen LogP contribution is -2.62. The number of carbonyl (C=O) groups is 1. The van der Waals surface area contributed by atoms with Gasteiger partial charge in [-0.1, -0.05) is 57.4 Å². The summed E-state index contributed by atoms with van der Waals surface area (Å²) in [7, 11) is 0. The van der Waals surface area contributed by atoms with Crippen LogP contribution in [0.5, 0.6) is 0 Å². The summed E-state index contributed by atoms with van der Waals surface area (Å²) < 4.78 is 6.27. The number of nitrogen functional groups attached to an aromatic ring is 2. The number of fused-ring (bicyclic) bond motifs is 4. The quantitative estimate of drug-likeness (QED) is 0.207. The second-order valence-electron chi connectivity index (χ2n) is 16.1. The average molecular weight is 559 g/mol. The number of hydrogen-bond acceptors (Lipinski definition) is 4. The first kappa shape index (κ1) is 28.9. The van der Waals surface area contributed by atoms with E-state index in [0.717, 1.165) is 42.9 Å². The fourth-order valence-corrected chi connectivity index (χ4v) is 11.7. The minimum absolute atomic E-state index is 0.0475. The van der Waals surface area contributed by atoms with Gasteiger partial charge in [-0.25, -0.2) is 4.79 Å². The third kappa shape index (κ3) is 4.16. The molecular formula is C37H54N2O2. The molecule has 6 rings (SSSR count). The fraction of sp³-hybridized carbons (Fsp3) is 0.703. The number of rotatable bonds is 6. The molecule has 3 saturated carbocycles. The van der Waals surface area contributed by atoms with Gasteiger partial charge in [0.25, 0.3) is 0 Å². The van der Waals surface area contributed by atoms with E-state index in [9.17, 15) is 4.79 Å². The van der Waals surface area contributed by atoms with Crippen LogP contribution in [0.15, 0.2) is 41.0 Å². The molecule has 5 aliphatic rings. The van der Waals surface area contributed by atoms with Crippen LogP contribution in [0, 0.1) is 45.3 Å². The van der Waals surface area contributed by atoms with Crippen molar-refractivity contribution in [3.05, 3.63) is 46.6 Å². The monoisotopic (exact) mass is 558 g/mol. The smallest absolute Gasteiger partial charge is 0.338 e. The Hall–Kier alpha value is -2.23. The highest BCUT2D eigenvalue weighted by Gasteiger charge is 2.69. The summed E-state index contributed by atoms with van der Waals surface area (Å²) in [5.41, 5.74) is 19.3. The summed E-state index contributed by atoms with van der Waals surface area (Å²) in [6, 6.07) is 5.04. The molecule has 1 aromatic carbocycles. The normalized spacial score (nSPS) is 41.4. The first-order valence-electron chi connectivity index (χ1n) is 16.5. The van der Waals surface area contributed by atoms with E-state index in [0.29, 0.717) is 27.8 Å². The molecule has 3 fully saturated rings. The summed E-state index contributed by atoms with van der Waals surface area (Å²) in [6.45, 7) is 17.4. The Labute approximate surface area is 248 Å². The number of benzene rings is 1. The van der Waals surface area contributed by atoms with Crippen molar-refractivity contribution >= 4 is 17.3 Å². The van der Waals surface area contributed by atoms with Gasteiger partial charge in [-0.3, -0.25) is 0 Å². The maximum absolute atomic E-state index is 13.2. The molecule has 5 aliphatic carbocycles. The van der Waals surface area contributed by atoms with E-state index in [1.54, 1.807) is 29.3 Å². The van der Waals surface area contributed by atoms with Crippen molar-refractivity contribution in [1.29, 1.82) is 0 Å². The molecule has 4 heteroatoms. The van der Waals surface area contributed by atoms with E-state index in [-0.39, 0.29) is 22.9 Å². The van der Waals surface area contributed by atoms with Crippen molar-refractivity contribution in [2.75, 3.05) is 11.5 Å². The molecule has 9 atom stereocenters. The largest absolute Gasteiger partial charge is 0.458 e. The second kappa shape index (κ2) is 9.64. The van der Waals surface area contributed by atoms with E-state index in [1.807, 2.05) is 0 Å². The molecule has 4 nitrogen and oxygen atoms in total. The van der Waals surface area contributed by atoms with Crippen LogP contribution in [0.3, 0.4) is 0 Å². The zero-order chi connectivity index (χ0) is 29.5. The molecular weight excluding hydrogens is 504 g/mol. The SMILES string of the molecule is CC(C)=CCCC(C)C1CCC2(C)C3CC4=C5C(C)(C4)C(OC(=O)c4cc(N)cc(N)c4)CCC5(C)C3CCC12C. The van der Waals surface area contributed by atoms with Crippen LogP contribution in [0.25, 0.3) is 0 Å². The fourth-order valence-electron chi connectivity index (χ4n) is 11.7. The number of anilines is 2. The summed E-state index contributed by atoms with van der Waals surface area (Å²) >= 11 is 0. The number of allylic oxidation sites excluding steroid dienone is 3. The van der Waals surface area contributed by atoms with E-state index >= 15 is 0 Å². The first-order valence-corrected chi connectivity index (χ1v) is 16.5. The molecule has 41 heavy (non-hydrogen) atoms. The Kier molecular flexibility index (Phi) is 6.79. The molecule has 9 unspecified atom stereocenters. The third-order valence-corrected chi connectivity index (χ3v) is 13.7. The van der Waals surface area contributed by atoms with Gasteiger partial charge in [0.15, 0.2) is 0 Å². The zero-order valence-electron chi connectivity index (χ0n) is 26.7. The number of carbonyl (C=O) groups excluding carboxylic acids is 1. The van der Waals surface area contributed by atoms with Gasteiger partial charge in [0.05, 0.1) is 5.56 Å². The van der Waals surface area contributed by atoms with Crippen molar-refractivity contribution in [3.63, 3.8) is 0 Å². The molecule has 0 heterocycles. The number of hydrogen-bond donors (Lipinski definition) is 2. The first-order chi connectivity index (χ1) is 19.2. The van der Waals surface area contributed by atoms with E-state index in [2.05, 4.69) is 54.5 Å². The summed E-state index contributed by atoms with van der Waals surface area (Å²) in [5, 5.41) is 0. The predicted molar refractivity (Wildman–Crippen MR) is 169 cm³/mol. The Morgan fingerprint density at radius 3 is 2.32 bits per heavy atom. The van der Waals surface area contributed by atoms with Gasteiger partial charge >= 0.3 is 5.97 Å². The molecule has 0 spiro atoms. The highest BCUT2D eigenvalue weighted by Crippen LogP contribution is 2.77. The predicted octanol–water partition coefficient (Wildman–Crippen LogP) is 9.12. The lowest BCUT2D eigenvalue weighted by atomic mass is 9.36. The molecule has 224 valence electrons. The van der Waals surface area contributed by atoms with E-state index in [1.165, 1.54) is 50.5 Å². The molecule has 0 aliphatic heterocycles. The van der Waals surface area contributed by atoms with Gasteiger partial charge in [0.2, 0.25) is 0 Å². The molecule has 0 bridgehead atoms. The Bertz CT molecular complexity index is 1290. The summed E-state index contributed by atoms with van der Waals surface area (Å²) in [4.78, 5) is 13.2. The highest BCUT2D eigenvalue weighted by molar-refractivity contribution is 5.92. The summed E-state index contributed by atoms with van der Waals surface area (Å²) in [5.74, 6) is 2.85. The van der Waals surface area contributed by atoms with Gasteiger partial charge in [0.1, 0.15) is 6.10 Å². The minimum Gasteiger partial charge on any atom is -0.458 e. The second-order valence-corrected chi connectivity index (χ2v) is 16.1. The Morgan fingerprint density at radius 1 is 0.951 bits per heavy atom. The lowest BCUT2D eigenvalue weighted by molar-refractivity contribution is -0.140. The van der Waals surface area contributed by atoms with Gasteiger partial charge in [0, 0.05) is 16.8 Å². The molecule has 0 aromatic heterocycles. The van der Waals surface area contributed by atoms with Crippen LogP contribution in [0.2, 0.25) is 0 Å². The molecule has 0 saturated heterocycles. The van der Waals surface area contributed by atoms with E-state index in [4.69, 9.17) is 16.2 Å². The van der Waals surface area contributed by atoms with Crippen LogP contribution in [0.1, 0.15) is 123 Å². The molecule has 0 amide bonds. The topological polar surface area (TPSA) is 78.3 Å². The van der Waals surface area contributed by atoms with Crippen molar-refractivity contribution in [2.24, 2.45) is 45.3 Å². The third-order valence-electron chi connectivity index (χ3n) is 13.7. The van der Waals surface area contributed by atoms with E-state index < -0.39 is 0 Å². The average Bonchev–Trinajstić information content (AvgIpc) is 3.15. The number of esters is 1. The minimum atomic E-state index is -0.293. The standard InChI is InChI=1S/C37H54N2O2/c1-22(2)9-8-10-23(3)28-11-15-37(7)30-19-25-21-35(5)31(41-33(40)24-17-26(38)20-27(39)18-24)13-14-34(4,32(25)35)29(30)12-16-36(28,37)6/h9,17-18,20,23,28-31H,8,10-16,19,21,38-39H2,1-7H3. The van der Waals surface area contributed by atoms with Gasteiger partial charge < -0.3 is 16.2 Å². The van der Waals surface area contributed by atoms with Crippen LogP contribution in [-0.4, -0.2) is 12.1 Å². The molecule has 1 aromatic rings. The highest BCUT2D eigenvalue weighted by atomic mass is 16.5. The Morgan fingerprint density at radius 2 is 1.63 bits per heavy atom. The van der Waals surface area contributed by atoms with Crippen LogP contribution < -0.4 is 11.5 Å². The van der Waals surface area contributed by atoms with Crippen molar-refractivity contribution in [3.8, 4) is 0 Å². The lowest BCUT2D eigenvalue weighted by Gasteiger charge is -2.69. The van der Waals surface area contributed by atoms with Crippen LogP contribution in [-0.2, 0) is 4.74 Å². The van der Waals surface area contributed by atoms with Crippen molar-refractivity contribution in [1.82, 2.24) is 0 Å².